The van der Waals surface area contributed by atoms with Crippen molar-refractivity contribution in [2.75, 3.05) is 25.2 Å². The van der Waals surface area contributed by atoms with Gasteiger partial charge in [-0.2, -0.15) is 5.26 Å². The van der Waals surface area contributed by atoms with Crippen LogP contribution in [0.2, 0.25) is 0 Å². The summed E-state index contributed by atoms with van der Waals surface area (Å²) in [5.41, 5.74) is 0.153. The van der Waals surface area contributed by atoms with E-state index in [1.165, 1.54) is 12.1 Å². The molecule has 22 heavy (non-hydrogen) atoms. The molecule has 2 rings (SSSR count). The van der Waals surface area contributed by atoms with Crippen molar-refractivity contribution in [3.63, 3.8) is 0 Å². The molecule has 1 aromatic rings. The highest BCUT2D eigenvalue weighted by Crippen LogP contribution is 2.28. The molecule has 2 atom stereocenters. The zero-order valence-electron chi connectivity index (χ0n) is 12.3. The lowest BCUT2D eigenvalue weighted by atomic mass is 10.1. The molecule has 2 unspecified atom stereocenters. The molecule has 7 nitrogen and oxygen atoms in total. The average Bonchev–Trinajstić information content (AvgIpc) is 2.81. The van der Waals surface area contributed by atoms with Crippen LogP contribution in [0.25, 0.3) is 0 Å². The number of hydrogen-bond acceptors (Lipinski definition) is 6. The van der Waals surface area contributed by atoms with Crippen molar-refractivity contribution in [3.05, 3.63) is 18.2 Å². The second kappa shape index (κ2) is 5.94. The Labute approximate surface area is 129 Å². The molecule has 0 aliphatic carbocycles. The minimum absolute atomic E-state index is 0.0202. The van der Waals surface area contributed by atoms with Crippen molar-refractivity contribution < 1.29 is 18.3 Å². The number of amides is 1. The summed E-state index contributed by atoms with van der Waals surface area (Å²) in [6, 6.07) is 5.61. The van der Waals surface area contributed by atoms with Crippen LogP contribution in [0, 0.1) is 17.2 Å². The summed E-state index contributed by atoms with van der Waals surface area (Å²) in [7, 11) is -1.64. The highest BCUT2D eigenvalue weighted by Gasteiger charge is 2.34. The molecule has 0 spiro atoms. The Balaban J connectivity index is 2.12. The van der Waals surface area contributed by atoms with Crippen LogP contribution in [0.4, 0.5) is 5.69 Å². The van der Waals surface area contributed by atoms with E-state index in [4.69, 9.17) is 5.26 Å². The maximum atomic E-state index is 12.2. The van der Waals surface area contributed by atoms with Crippen molar-refractivity contribution >= 4 is 21.4 Å². The van der Waals surface area contributed by atoms with Gasteiger partial charge in [-0.05, 0) is 25.6 Å². The Morgan fingerprint density at radius 3 is 2.68 bits per heavy atom. The van der Waals surface area contributed by atoms with E-state index in [1.54, 1.807) is 11.9 Å². The molecule has 2 N–H and O–H groups in total. The number of likely N-dealkylation sites (tertiary alicyclic amines) is 1. The van der Waals surface area contributed by atoms with Gasteiger partial charge in [-0.1, -0.05) is 0 Å². The lowest BCUT2D eigenvalue weighted by molar-refractivity contribution is -0.119. The molecule has 0 aromatic heterocycles. The zero-order chi connectivity index (χ0) is 16.5. The minimum Gasteiger partial charge on any atom is -0.506 e. The van der Waals surface area contributed by atoms with Gasteiger partial charge in [0.05, 0.1) is 28.6 Å². The number of benzene rings is 1. The van der Waals surface area contributed by atoms with Crippen LogP contribution < -0.4 is 5.32 Å². The number of nitrogens with zero attached hydrogens (tertiary/aromatic N) is 2. The summed E-state index contributed by atoms with van der Waals surface area (Å²) in [6.45, 7) is 0.465. The molecule has 1 aromatic carbocycles. The van der Waals surface area contributed by atoms with E-state index in [2.05, 4.69) is 11.4 Å². The van der Waals surface area contributed by atoms with Gasteiger partial charge in [0.15, 0.2) is 9.84 Å². The standard InChI is InChI=1S/C14H17N3O4S/c1-17-8-9(5-10(17)7-15)14(19)16-12-4-3-11(6-13(12)18)22(2,20)21/h3-4,6,9-10,18H,5,8H2,1-2H3,(H,16,19). The van der Waals surface area contributed by atoms with Gasteiger partial charge in [-0.25, -0.2) is 8.42 Å². The number of rotatable bonds is 3. The molecular formula is C14H17N3O4S. The van der Waals surface area contributed by atoms with Crippen LogP contribution in [0.15, 0.2) is 23.1 Å². The lowest BCUT2D eigenvalue weighted by Crippen LogP contribution is -2.26. The number of anilines is 1. The highest BCUT2D eigenvalue weighted by molar-refractivity contribution is 7.90. The Morgan fingerprint density at radius 1 is 1.50 bits per heavy atom. The summed E-state index contributed by atoms with van der Waals surface area (Å²) in [6.07, 6.45) is 1.47. The fourth-order valence-corrected chi connectivity index (χ4v) is 3.06. The number of phenolic OH excluding ortho intramolecular Hbond substituents is 1. The Kier molecular flexibility index (Phi) is 4.39. The van der Waals surface area contributed by atoms with E-state index in [0.717, 1.165) is 12.3 Å². The molecule has 118 valence electrons. The molecule has 0 bridgehead atoms. The molecule has 0 radical (unpaired) electrons. The van der Waals surface area contributed by atoms with Gasteiger partial charge < -0.3 is 10.4 Å². The number of carbonyl (C=O) groups is 1. The van der Waals surface area contributed by atoms with E-state index in [-0.39, 0.29) is 34.2 Å². The smallest absolute Gasteiger partial charge is 0.228 e. The maximum Gasteiger partial charge on any atom is 0.228 e. The topological polar surface area (TPSA) is 110 Å². The average molecular weight is 323 g/mol. The van der Waals surface area contributed by atoms with Crippen LogP contribution in [0.1, 0.15) is 6.42 Å². The van der Waals surface area contributed by atoms with Crippen molar-refractivity contribution in [3.8, 4) is 11.8 Å². The summed E-state index contributed by atoms with van der Waals surface area (Å²) >= 11 is 0. The first kappa shape index (κ1) is 16.3. The number of phenols is 1. The summed E-state index contributed by atoms with van der Waals surface area (Å²) < 4.78 is 22.8. The van der Waals surface area contributed by atoms with Crippen molar-refractivity contribution in [2.24, 2.45) is 5.92 Å². The summed E-state index contributed by atoms with van der Waals surface area (Å²) in [4.78, 5) is 14.0. The Bertz CT molecular complexity index is 739. The number of aromatic hydroxyl groups is 1. The van der Waals surface area contributed by atoms with Gasteiger partial charge >= 0.3 is 0 Å². The second-order valence-electron chi connectivity index (χ2n) is 5.46. The predicted molar refractivity (Wildman–Crippen MR) is 80.0 cm³/mol. The number of nitrogens with one attached hydrogen (secondary N) is 1. The number of carbonyl (C=O) groups excluding carboxylic acids is 1. The number of nitriles is 1. The van der Waals surface area contributed by atoms with Gasteiger partial charge in [0.1, 0.15) is 5.75 Å². The third-order valence-corrected chi connectivity index (χ3v) is 4.83. The van der Waals surface area contributed by atoms with Crippen LogP contribution in [-0.4, -0.2) is 50.2 Å². The fourth-order valence-electron chi connectivity index (χ4n) is 2.42. The number of hydrogen-bond donors (Lipinski definition) is 2. The SMILES string of the molecule is CN1CC(C(=O)Nc2ccc(S(C)(=O)=O)cc2O)CC1C#N. The van der Waals surface area contributed by atoms with Crippen molar-refractivity contribution in [2.45, 2.75) is 17.4 Å². The third-order valence-electron chi connectivity index (χ3n) is 3.72. The van der Waals surface area contributed by atoms with Gasteiger partial charge in [0.2, 0.25) is 5.91 Å². The molecule has 1 saturated heterocycles. The van der Waals surface area contributed by atoms with Gasteiger partial charge in [0, 0.05) is 18.9 Å². The summed E-state index contributed by atoms with van der Waals surface area (Å²) in [5, 5.41) is 21.4. The predicted octanol–water partition coefficient (Wildman–Crippen LogP) is 0.578. The van der Waals surface area contributed by atoms with Crippen LogP contribution in [0.3, 0.4) is 0 Å². The Hall–Kier alpha value is -2.11. The lowest BCUT2D eigenvalue weighted by Gasteiger charge is -2.12. The summed E-state index contributed by atoms with van der Waals surface area (Å²) in [5.74, 6) is -0.949. The zero-order valence-corrected chi connectivity index (χ0v) is 13.1. The quantitative estimate of drug-likeness (QED) is 0.787. The van der Waals surface area contributed by atoms with Gasteiger partial charge in [-0.15, -0.1) is 0 Å². The second-order valence-corrected chi connectivity index (χ2v) is 7.47. The Morgan fingerprint density at radius 2 is 2.18 bits per heavy atom. The molecule has 8 heteroatoms. The minimum atomic E-state index is -3.42. The van der Waals surface area contributed by atoms with E-state index in [1.807, 2.05) is 0 Å². The van der Waals surface area contributed by atoms with Crippen molar-refractivity contribution in [1.29, 1.82) is 5.26 Å². The molecule has 1 amide bonds. The van der Waals surface area contributed by atoms with E-state index < -0.39 is 9.84 Å². The molecule has 0 saturated carbocycles. The van der Waals surface area contributed by atoms with Gasteiger partial charge in [-0.3, -0.25) is 9.69 Å². The normalized spacial score (nSPS) is 22.2. The van der Waals surface area contributed by atoms with Crippen molar-refractivity contribution in [1.82, 2.24) is 4.90 Å². The molecule has 1 heterocycles. The first-order chi connectivity index (χ1) is 10.2. The van der Waals surface area contributed by atoms with Crippen LogP contribution in [0.5, 0.6) is 5.75 Å². The molecule has 1 fully saturated rings. The van der Waals surface area contributed by atoms with Gasteiger partial charge in [0.25, 0.3) is 0 Å². The van der Waals surface area contributed by atoms with Crippen LogP contribution >= 0.6 is 0 Å². The highest BCUT2D eigenvalue weighted by atomic mass is 32.2. The largest absolute Gasteiger partial charge is 0.506 e. The van der Waals surface area contributed by atoms with Crippen LogP contribution in [-0.2, 0) is 14.6 Å². The first-order valence-corrected chi connectivity index (χ1v) is 8.55. The van der Waals surface area contributed by atoms with E-state index in [9.17, 15) is 18.3 Å². The monoisotopic (exact) mass is 323 g/mol. The number of sulfone groups is 1. The fraction of sp³-hybridized carbons (Fsp3) is 0.429. The maximum absolute atomic E-state index is 12.2. The van der Waals surface area contributed by atoms with E-state index in [0.29, 0.717) is 13.0 Å². The van der Waals surface area contributed by atoms with E-state index >= 15 is 0 Å². The first-order valence-electron chi connectivity index (χ1n) is 6.66. The molecule has 1 aliphatic rings. The molecular weight excluding hydrogens is 306 g/mol. The molecule has 1 aliphatic heterocycles. The third kappa shape index (κ3) is 3.37.